The molecule has 1 aromatic rings. The first-order chi connectivity index (χ1) is 9.10. The predicted octanol–water partition coefficient (Wildman–Crippen LogP) is 0.477. The Morgan fingerprint density at radius 2 is 2.16 bits per heavy atom. The van der Waals surface area contributed by atoms with Gasteiger partial charge in [0.1, 0.15) is 0 Å². The third kappa shape index (κ3) is 3.17. The molecule has 0 spiro atoms. The lowest BCUT2D eigenvalue weighted by Crippen LogP contribution is -2.35. The van der Waals surface area contributed by atoms with Crippen molar-refractivity contribution in [1.82, 2.24) is 5.43 Å². The zero-order chi connectivity index (χ0) is 13.8. The molecule has 19 heavy (non-hydrogen) atoms. The summed E-state index contributed by atoms with van der Waals surface area (Å²) in [6, 6.07) is 7.10. The molecule has 1 atom stereocenters. The van der Waals surface area contributed by atoms with Crippen molar-refractivity contribution in [2.24, 2.45) is 11.0 Å². The maximum absolute atomic E-state index is 11.2. The van der Waals surface area contributed by atoms with Gasteiger partial charge in [-0.15, -0.1) is 0 Å². The molecule has 0 aliphatic carbocycles. The molecule has 0 fully saturated rings. The number of hydrogen-bond acceptors (Lipinski definition) is 4. The molecular weight excluding hydrogens is 246 g/mol. The minimum Gasteiger partial charge on any atom is -0.396 e. The number of anilines is 1. The zero-order valence-corrected chi connectivity index (χ0v) is 10.5. The van der Waals surface area contributed by atoms with E-state index in [4.69, 9.17) is 0 Å². The van der Waals surface area contributed by atoms with Crippen molar-refractivity contribution in [2.75, 3.05) is 11.9 Å². The highest BCUT2D eigenvalue weighted by Crippen LogP contribution is 2.18. The Kier molecular flexibility index (Phi) is 3.91. The molecular formula is C13H15N3O3. The van der Waals surface area contributed by atoms with Crippen LogP contribution in [0.25, 0.3) is 0 Å². The first-order valence-electron chi connectivity index (χ1n) is 5.95. The van der Waals surface area contributed by atoms with Crippen LogP contribution in [0.2, 0.25) is 0 Å². The highest BCUT2D eigenvalue weighted by Gasteiger charge is 2.24. The lowest BCUT2D eigenvalue weighted by atomic mass is 9.93. The summed E-state index contributed by atoms with van der Waals surface area (Å²) in [4.78, 5) is 22.1. The maximum atomic E-state index is 11.2. The van der Waals surface area contributed by atoms with E-state index in [1.165, 1.54) is 6.92 Å². The van der Waals surface area contributed by atoms with E-state index in [0.29, 0.717) is 11.4 Å². The summed E-state index contributed by atoms with van der Waals surface area (Å²) in [5.41, 5.74) is 4.56. The Hall–Kier alpha value is -2.21. The van der Waals surface area contributed by atoms with E-state index in [1.807, 2.05) is 0 Å². The molecule has 1 aromatic carbocycles. The van der Waals surface area contributed by atoms with Gasteiger partial charge >= 0.3 is 0 Å². The van der Waals surface area contributed by atoms with Gasteiger partial charge in [-0.25, -0.2) is 5.43 Å². The van der Waals surface area contributed by atoms with Gasteiger partial charge in [-0.1, -0.05) is 12.1 Å². The van der Waals surface area contributed by atoms with Crippen LogP contribution >= 0.6 is 0 Å². The van der Waals surface area contributed by atoms with E-state index in [1.54, 1.807) is 24.3 Å². The molecule has 6 nitrogen and oxygen atoms in total. The summed E-state index contributed by atoms with van der Waals surface area (Å²) in [5, 5.41) is 16.0. The SMILES string of the molecule is CC(=O)Nc1ccc(C2=NNC(=O)CC2CO)cc1. The van der Waals surface area contributed by atoms with Crippen LogP contribution < -0.4 is 10.7 Å². The first kappa shape index (κ1) is 13.2. The van der Waals surface area contributed by atoms with Crippen molar-refractivity contribution in [3.63, 3.8) is 0 Å². The molecule has 0 aromatic heterocycles. The Labute approximate surface area is 110 Å². The van der Waals surface area contributed by atoms with E-state index < -0.39 is 0 Å². The van der Waals surface area contributed by atoms with Gasteiger partial charge in [-0.05, 0) is 17.7 Å². The van der Waals surface area contributed by atoms with E-state index in [9.17, 15) is 14.7 Å². The molecule has 6 heteroatoms. The van der Waals surface area contributed by atoms with Crippen molar-refractivity contribution in [3.05, 3.63) is 29.8 Å². The second-order valence-electron chi connectivity index (χ2n) is 4.37. The molecule has 0 saturated carbocycles. The zero-order valence-electron chi connectivity index (χ0n) is 10.5. The summed E-state index contributed by atoms with van der Waals surface area (Å²) in [6.07, 6.45) is 0.225. The lowest BCUT2D eigenvalue weighted by molar-refractivity contribution is -0.122. The van der Waals surface area contributed by atoms with Gasteiger partial charge in [-0.3, -0.25) is 9.59 Å². The van der Waals surface area contributed by atoms with Crippen molar-refractivity contribution in [1.29, 1.82) is 0 Å². The topological polar surface area (TPSA) is 90.8 Å². The van der Waals surface area contributed by atoms with Gasteiger partial charge in [0, 0.05) is 24.9 Å². The largest absolute Gasteiger partial charge is 0.396 e. The van der Waals surface area contributed by atoms with Crippen LogP contribution in [0.15, 0.2) is 29.4 Å². The number of hydrogen-bond donors (Lipinski definition) is 3. The summed E-state index contributed by atoms with van der Waals surface area (Å²) >= 11 is 0. The molecule has 0 bridgehead atoms. The van der Waals surface area contributed by atoms with Crippen LogP contribution in [0, 0.1) is 5.92 Å². The highest BCUT2D eigenvalue weighted by molar-refractivity contribution is 6.06. The number of benzene rings is 1. The smallest absolute Gasteiger partial charge is 0.240 e. The van der Waals surface area contributed by atoms with Gasteiger partial charge in [0.15, 0.2) is 0 Å². The van der Waals surface area contributed by atoms with Gasteiger partial charge < -0.3 is 10.4 Å². The Balaban J connectivity index is 2.21. The Morgan fingerprint density at radius 3 is 2.74 bits per heavy atom. The number of aliphatic hydroxyl groups excluding tert-OH is 1. The summed E-state index contributed by atoms with van der Waals surface area (Å²) < 4.78 is 0. The standard InChI is InChI=1S/C13H15N3O3/c1-8(18)14-11-4-2-9(3-5-11)13-10(7-17)6-12(19)15-16-13/h2-5,10,17H,6-7H2,1H3,(H,14,18)(H,15,19). The van der Waals surface area contributed by atoms with Crippen molar-refractivity contribution in [3.8, 4) is 0 Å². The minimum absolute atomic E-state index is 0.125. The number of rotatable bonds is 3. The van der Waals surface area contributed by atoms with Gasteiger partial charge in [0.25, 0.3) is 0 Å². The number of nitrogens with zero attached hydrogens (tertiary/aromatic N) is 1. The van der Waals surface area contributed by atoms with Crippen LogP contribution in [0.1, 0.15) is 18.9 Å². The fourth-order valence-electron chi connectivity index (χ4n) is 1.96. The number of hydrazone groups is 1. The summed E-state index contributed by atoms with van der Waals surface area (Å²) in [5.74, 6) is -0.624. The molecule has 1 unspecified atom stereocenters. The fraction of sp³-hybridized carbons (Fsp3) is 0.308. The minimum atomic E-state index is -0.291. The average Bonchev–Trinajstić information content (AvgIpc) is 2.39. The van der Waals surface area contributed by atoms with E-state index in [0.717, 1.165) is 5.56 Å². The van der Waals surface area contributed by atoms with Crippen molar-refractivity contribution >= 4 is 23.2 Å². The molecule has 1 heterocycles. The molecule has 1 aliphatic heterocycles. The van der Waals surface area contributed by atoms with Crippen LogP contribution in [0.4, 0.5) is 5.69 Å². The second-order valence-corrected chi connectivity index (χ2v) is 4.37. The molecule has 3 N–H and O–H groups in total. The normalized spacial score (nSPS) is 18.5. The third-order valence-corrected chi connectivity index (χ3v) is 2.84. The highest BCUT2D eigenvalue weighted by atomic mass is 16.3. The number of aliphatic hydroxyl groups is 1. The van der Waals surface area contributed by atoms with Gasteiger partial charge in [0.05, 0.1) is 12.3 Å². The number of nitrogens with one attached hydrogen (secondary N) is 2. The average molecular weight is 261 g/mol. The molecule has 0 saturated heterocycles. The molecule has 0 radical (unpaired) electrons. The van der Waals surface area contributed by atoms with Gasteiger partial charge in [-0.2, -0.15) is 5.10 Å². The molecule has 2 amide bonds. The number of carbonyl (C=O) groups is 2. The summed E-state index contributed by atoms with van der Waals surface area (Å²) in [6.45, 7) is 1.32. The Bertz CT molecular complexity index is 522. The predicted molar refractivity (Wildman–Crippen MR) is 70.6 cm³/mol. The fourth-order valence-corrected chi connectivity index (χ4v) is 1.96. The van der Waals surface area contributed by atoms with E-state index >= 15 is 0 Å². The third-order valence-electron chi connectivity index (χ3n) is 2.84. The second kappa shape index (κ2) is 5.62. The lowest BCUT2D eigenvalue weighted by Gasteiger charge is -2.21. The van der Waals surface area contributed by atoms with E-state index in [2.05, 4.69) is 15.8 Å². The van der Waals surface area contributed by atoms with E-state index in [-0.39, 0.29) is 30.8 Å². The van der Waals surface area contributed by atoms with Gasteiger partial charge in [0.2, 0.25) is 11.8 Å². The van der Waals surface area contributed by atoms with Crippen LogP contribution in [0.3, 0.4) is 0 Å². The first-order valence-corrected chi connectivity index (χ1v) is 5.95. The van der Waals surface area contributed by atoms with Crippen LogP contribution in [-0.2, 0) is 9.59 Å². The summed E-state index contributed by atoms with van der Waals surface area (Å²) in [7, 11) is 0. The number of carbonyl (C=O) groups excluding carboxylic acids is 2. The quantitative estimate of drug-likeness (QED) is 0.739. The monoisotopic (exact) mass is 261 g/mol. The van der Waals surface area contributed by atoms with Crippen molar-refractivity contribution in [2.45, 2.75) is 13.3 Å². The maximum Gasteiger partial charge on any atom is 0.240 e. The van der Waals surface area contributed by atoms with Crippen LogP contribution in [0.5, 0.6) is 0 Å². The molecule has 1 aliphatic rings. The van der Waals surface area contributed by atoms with Crippen molar-refractivity contribution < 1.29 is 14.7 Å². The molecule has 100 valence electrons. The molecule has 2 rings (SSSR count). The van der Waals surface area contributed by atoms with Crippen LogP contribution in [-0.4, -0.2) is 29.2 Å². The Morgan fingerprint density at radius 1 is 1.47 bits per heavy atom. The number of amides is 2.